The molecular weight excluding hydrogens is 1010 g/mol. The molecule has 6 nitrogen and oxygen atoms in total. The molecule has 0 spiro atoms. The van der Waals surface area contributed by atoms with E-state index in [-0.39, 0.29) is 31.3 Å². The van der Waals surface area contributed by atoms with Crippen LogP contribution in [0.25, 0.3) is 72.6 Å². The van der Waals surface area contributed by atoms with Crippen molar-refractivity contribution in [3.05, 3.63) is 155 Å². The van der Waals surface area contributed by atoms with Crippen molar-refractivity contribution in [1.82, 2.24) is 24.5 Å². The average molecular weight is 1060 g/mol. The summed E-state index contributed by atoms with van der Waals surface area (Å²) in [6.07, 6.45) is 4.95. The van der Waals surface area contributed by atoms with Crippen molar-refractivity contribution in [2.75, 3.05) is 0 Å². The van der Waals surface area contributed by atoms with Crippen LogP contribution >= 0.6 is 0 Å². The van der Waals surface area contributed by atoms with Crippen molar-refractivity contribution in [3.63, 3.8) is 0 Å². The van der Waals surface area contributed by atoms with Crippen LogP contribution in [0.1, 0.15) is 72.7 Å². The van der Waals surface area contributed by atoms with Crippen molar-refractivity contribution < 1.29 is 33.0 Å². The quantitative estimate of drug-likeness (QED) is 0.123. The van der Waals surface area contributed by atoms with E-state index in [0.29, 0.717) is 28.5 Å². The summed E-state index contributed by atoms with van der Waals surface area (Å²) in [5.74, 6) is 7.21. The first-order chi connectivity index (χ1) is 30.2. The van der Waals surface area contributed by atoms with Crippen molar-refractivity contribution in [3.8, 4) is 39.5 Å². The Bertz CT molecular complexity index is 3190. The number of aryl methyl sites for hydroxylation is 3. The first kappa shape index (κ1) is 40.8. The van der Waals surface area contributed by atoms with Gasteiger partial charge in [-0.15, -0.1) is 6.07 Å². The minimum atomic E-state index is -2.34. The molecule has 0 atom stereocenters. The predicted molar refractivity (Wildman–Crippen MR) is 252 cm³/mol. The zero-order valence-electron chi connectivity index (χ0n) is 39.8. The van der Waals surface area contributed by atoms with Gasteiger partial charge in [-0.1, -0.05) is 88.7 Å². The summed E-state index contributed by atoms with van der Waals surface area (Å²) in [4.78, 5) is 19.0. The average Bonchev–Trinajstić information content (AvgIpc) is 3.81. The second-order valence-electron chi connectivity index (χ2n) is 18.1. The molecule has 317 valence electrons. The molecule has 9 heteroatoms. The second kappa shape index (κ2) is 17.5. The van der Waals surface area contributed by atoms with Gasteiger partial charge in [0.05, 0.1) is 22.6 Å². The van der Waals surface area contributed by atoms with Gasteiger partial charge in [0.1, 0.15) is 11.3 Å². The Morgan fingerprint density at radius 2 is 1.63 bits per heavy atom. The molecule has 9 rings (SSSR count). The number of benzene rings is 4. The van der Waals surface area contributed by atoms with Crippen LogP contribution < -0.4 is 4.40 Å². The first-order valence-corrected chi connectivity index (χ1v) is 28.0. The standard InChI is InChI=1S/C38H35N4O.C15H17FGeN.Ir/c1-22(2)26-13-15-29-31-18-27(21-39-37(31)43-34(29)19-26)36-41-35-24(4)40-23(3)17-33(35)42(36)32-16-14-28(38(5,6)7)20-30(32)25-11-9-8-10-12-25;1-11-9-15(12-5-7-13(16)8-6-12)18-10-14(11)17(2,3)4;/h8-20,22H,1-7H3;5,7-10H,1-4H3;/q2*-1;/i;1D3;. The number of pyridine rings is 3. The van der Waals surface area contributed by atoms with Gasteiger partial charge in [0, 0.05) is 42.4 Å². The van der Waals surface area contributed by atoms with Crippen LogP contribution in [0.5, 0.6) is 0 Å². The molecule has 0 saturated carbocycles. The minimum Gasteiger partial charge on any atom is 0 e. The number of aromatic nitrogens is 5. The number of furan rings is 1. The number of halogens is 1. The smallest absolute Gasteiger partial charge is 0 e. The van der Waals surface area contributed by atoms with Gasteiger partial charge in [0.25, 0.3) is 0 Å². The molecular formula is C53H52FGeIrN5O-2. The summed E-state index contributed by atoms with van der Waals surface area (Å²) in [5, 5.41) is 1.99. The zero-order chi connectivity index (χ0) is 45.9. The fourth-order valence-electron chi connectivity index (χ4n) is 7.72. The Morgan fingerprint density at radius 1 is 0.855 bits per heavy atom. The molecule has 0 fully saturated rings. The van der Waals surface area contributed by atoms with E-state index in [9.17, 15) is 4.39 Å². The van der Waals surface area contributed by atoms with E-state index in [1.54, 1.807) is 18.3 Å². The summed E-state index contributed by atoms with van der Waals surface area (Å²) >= 11 is -2.34. The third-order valence-electron chi connectivity index (χ3n) is 11.1. The van der Waals surface area contributed by atoms with Crippen molar-refractivity contribution in [2.45, 2.75) is 83.9 Å². The van der Waals surface area contributed by atoms with Gasteiger partial charge in [-0.05, 0) is 77.7 Å². The van der Waals surface area contributed by atoms with Gasteiger partial charge in [-0.25, -0.2) is 0 Å². The normalized spacial score (nSPS) is 12.8. The number of imidazole rings is 1. The van der Waals surface area contributed by atoms with Crippen molar-refractivity contribution >= 4 is 50.8 Å². The maximum Gasteiger partial charge on any atom is 0 e. The maximum absolute atomic E-state index is 13.0. The Hall–Kier alpha value is -5.28. The maximum atomic E-state index is 13.0. The zero-order valence-corrected chi connectivity index (χ0v) is 41.3. The number of fused-ring (bicyclic) bond motifs is 4. The van der Waals surface area contributed by atoms with Gasteiger partial charge in [-0.2, -0.15) is 0 Å². The van der Waals surface area contributed by atoms with Crippen LogP contribution in [0.15, 0.2) is 114 Å². The molecule has 9 aromatic rings. The molecule has 0 amide bonds. The molecule has 0 aliphatic heterocycles. The van der Waals surface area contributed by atoms with E-state index >= 15 is 0 Å². The van der Waals surface area contributed by atoms with Crippen molar-refractivity contribution in [1.29, 1.82) is 0 Å². The van der Waals surface area contributed by atoms with Crippen molar-refractivity contribution in [2.24, 2.45) is 0 Å². The molecule has 5 aromatic heterocycles. The monoisotopic (exact) mass is 1060 g/mol. The van der Waals surface area contributed by atoms with E-state index in [0.717, 1.165) is 71.4 Å². The van der Waals surface area contributed by atoms with Gasteiger partial charge < -0.3 is 14.0 Å². The summed E-state index contributed by atoms with van der Waals surface area (Å²) in [7, 11) is 0. The minimum absolute atomic E-state index is 0. The van der Waals surface area contributed by atoms with Gasteiger partial charge in [0.2, 0.25) is 0 Å². The summed E-state index contributed by atoms with van der Waals surface area (Å²) in [6, 6.07) is 36.5. The third kappa shape index (κ3) is 8.97. The van der Waals surface area contributed by atoms with Crippen LogP contribution in [0.3, 0.4) is 0 Å². The molecule has 0 N–H and O–H groups in total. The van der Waals surface area contributed by atoms with Crippen LogP contribution in [-0.2, 0) is 25.5 Å². The third-order valence-corrected chi connectivity index (χ3v) is 15.3. The predicted octanol–water partition coefficient (Wildman–Crippen LogP) is 13.4. The summed E-state index contributed by atoms with van der Waals surface area (Å²) < 4.78 is 45.5. The fraction of sp³-hybridized carbons (Fsp3) is 0.245. The van der Waals surface area contributed by atoms with E-state index < -0.39 is 20.1 Å². The molecule has 0 aliphatic rings. The summed E-state index contributed by atoms with van der Waals surface area (Å²) in [5.41, 5.74) is 13.3. The van der Waals surface area contributed by atoms with E-state index in [4.69, 9.17) is 18.5 Å². The Kier molecular flexibility index (Phi) is 11.5. The van der Waals surface area contributed by atoms with Crippen LogP contribution in [0.4, 0.5) is 4.39 Å². The SMILES string of the molecule is Cc1cc2c(nc(-c3[c-]nc4oc5cc(C(C)C)ccc5c4c3)n2-c2ccc(C(C)(C)C)cc2-c2ccccc2)c(C)n1.[2H]C([2H])([2H])c1cc(-c2[c-]cc(F)cc2)nc[c]1[Ge]([CH3])([CH3])[CH3].[Ir]. The molecule has 0 bridgehead atoms. The molecule has 4 aromatic carbocycles. The van der Waals surface area contributed by atoms with E-state index in [1.807, 2.05) is 13.8 Å². The van der Waals surface area contributed by atoms with Gasteiger partial charge in [-0.3, -0.25) is 9.97 Å². The number of rotatable bonds is 6. The molecule has 0 aliphatic carbocycles. The Balaban J connectivity index is 0.000000242. The molecule has 5 heterocycles. The van der Waals surface area contributed by atoms with Gasteiger partial charge in [0.15, 0.2) is 0 Å². The Labute approximate surface area is 385 Å². The Morgan fingerprint density at radius 3 is 2.31 bits per heavy atom. The fourth-order valence-corrected chi connectivity index (χ4v) is 10.5. The molecule has 1 radical (unpaired) electrons. The number of hydrogen-bond acceptors (Lipinski definition) is 5. The number of hydrogen-bond donors (Lipinski definition) is 0. The van der Waals surface area contributed by atoms with Crippen LogP contribution in [0.2, 0.25) is 17.3 Å². The largest absolute Gasteiger partial charge is 0 e. The van der Waals surface area contributed by atoms with Crippen LogP contribution in [0, 0.1) is 38.8 Å². The van der Waals surface area contributed by atoms with Gasteiger partial charge >= 0.3 is 114 Å². The molecule has 0 unspecified atom stereocenters. The van der Waals surface area contributed by atoms with E-state index in [1.165, 1.54) is 23.3 Å². The topological polar surface area (TPSA) is 69.6 Å². The molecule has 0 saturated heterocycles. The second-order valence-corrected chi connectivity index (χ2v) is 28.7. The molecule has 62 heavy (non-hydrogen) atoms. The first-order valence-electron chi connectivity index (χ1n) is 22.2. The van der Waals surface area contributed by atoms with E-state index in [2.05, 4.69) is 158 Å². The number of nitrogens with zero attached hydrogens (tertiary/aromatic N) is 5. The van der Waals surface area contributed by atoms with Crippen LogP contribution in [-0.4, -0.2) is 37.8 Å². The summed E-state index contributed by atoms with van der Waals surface area (Å²) in [6.45, 7) is 13.0.